The van der Waals surface area contributed by atoms with Crippen molar-refractivity contribution in [3.63, 3.8) is 0 Å². The largest absolute Gasteiger partial charge is 0.353 e. The minimum atomic E-state index is 0.0229. The molecule has 1 aliphatic rings. The minimum absolute atomic E-state index is 0.0229. The Morgan fingerprint density at radius 1 is 1.00 bits per heavy atom. The van der Waals surface area contributed by atoms with Crippen molar-refractivity contribution in [3.8, 4) is 11.3 Å². The normalized spacial score (nSPS) is 14.7. The third kappa shape index (κ3) is 2.58. The van der Waals surface area contributed by atoms with Crippen molar-refractivity contribution < 1.29 is 4.79 Å². The smallest absolute Gasteiger partial charge is 0.239 e. The summed E-state index contributed by atoms with van der Waals surface area (Å²) in [6.45, 7) is 3.77. The maximum absolute atomic E-state index is 11.7. The van der Waals surface area contributed by atoms with E-state index in [0.717, 1.165) is 34.4 Å². The summed E-state index contributed by atoms with van der Waals surface area (Å²) in [7, 11) is 0. The lowest BCUT2D eigenvalue weighted by molar-refractivity contribution is -0.120. The Labute approximate surface area is 140 Å². The Morgan fingerprint density at radius 2 is 1.75 bits per heavy atom. The number of nitrogens with one attached hydrogen (secondary N) is 1. The van der Waals surface area contributed by atoms with Gasteiger partial charge in [-0.25, -0.2) is 0 Å². The van der Waals surface area contributed by atoms with Gasteiger partial charge in [-0.3, -0.25) is 4.79 Å². The molecule has 24 heavy (non-hydrogen) atoms. The van der Waals surface area contributed by atoms with E-state index < -0.39 is 0 Å². The van der Waals surface area contributed by atoms with Crippen LogP contribution in [0.25, 0.3) is 22.0 Å². The van der Waals surface area contributed by atoms with Crippen LogP contribution < -0.4 is 10.2 Å². The number of hydrogen-bond acceptors (Lipinski definition) is 4. The van der Waals surface area contributed by atoms with E-state index in [9.17, 15) is 4.79 Å². The summed E-state index contributed by atoms with van der Waals surface area (Å²) in [5.41, 5.74) is 3.13. The number of fused-ring (bicyclic) bond motifs is 1. The van der Waals surface area contributed by atoms with Gasteiger partial charge >= 0.3 is 0 Å². The predicted molar refractivity (Wildman–Crippen MR) is 94.9 cm³/mol. The summed E-state index contributed by atoms with van der Waals surface area (Å²) in [5.74, 6) is 0.797. The predicted octanol–water partition coefficient (Wildman–Crippen LogP) is 2.54. The summed E-state index contributed by atoms with van der Waals surface area (Å²) in [5, 5.41) is 13.9. The van der Waals surface area contributed by atoms with Crippen LogP contribution in [-0.2, 0) is 4.79 Å². The number of carbonyl (C=O) groups is 1. The summed E-state index contributed by atoms with van der Waals surface area (Å²) in [6.07, 6.45) is 0. The molecule has 0 atom stereocenters. The van der Waals surface area contributed by atoms with Gasteiger partial charge in [0.2, 0.25) is 5.91 Å². The maximum Gasteiger partial charge on any atom is 0.239 e. The van der Waals surface area contributed by atoms with E-state index in [0.29, 0.717) is 13.1 Å². The third-order valence-corrected chi connectivity index (χ3v) is 4.33. The molecule has 1 amide bonds. The molecule has 5 heteroatoms. The molecule has 1 fully saturated rings. The highest BCUT2D eigenvalue weighted by atomic mass is 16.2. The Kier molecular flexibility index (Phi) is 3.61. The number of aromatic nitrogens is 2. The molecule has 2 aromatic carbocycles. The molecule has 5 nitrogen and oxygen atoms in total. The van der Waals surface area contributed by atoms with Gasteiger partial charge in [0, 0.05) is 29.4 Å². The topological polar surface area (TPSA) is 58.1 Å². The van der Waals surface area contributed by atoms with Crippen LogP contribution in [0.3, 0.4) is 0 Å². The molecule has 1 aliphatic heterocycles. The molecule has 0 saturated carbocycles. The summed E-state index contributed by atoms with van der Waals surface area (Å²) >= 11 is 0. The number of aryl methyl sites for hydroxylation is 1. The molecule has 2 heterocycles. The number of anilines is 1. The van der Waals surface area contributed by atoms with E-state index in [-0.39, 0.29) is 5.91 Å². The fourth-order valence-electron chi connectivity index (χ4n) is 3.07. The summed E-state index contributed by atoms with van der Waals surface area (Å²) in [6, 6.07) is 16.4. The zero-order valence-corrected chi connectivity index (χ0v) is 13.5. The van der Waals surface area contributed by atoms with Crippen LogP contribution in [0.2, 0.25) is 0 Å². The average molecular weight is 318 g/mol. The van der Waals surface area contributed by atoms with E-state index in [1.54, 1.807) is 0 Å². The number of carbonyl (C=O) groups excluding carboxylic acids is 1. The molecule has 0 bridgehead atoms. The van der Waals surface area contributed by atoms with Crippen molar-refractivity contribution in [2.75, 3.05) is 24.5 Å². The molecule has 1 saturated heterocycles. The zero-order chi connectivity index (χ0) is 16.5. The number of rotatable bonds is 2. The van der Waals surface area contributed by atoms with E-state index in [1.165, 1.54) is 5.56 Å². The first-order chi connectivity index (χ1) is 11.7. The molecule has 3 aromatic rings. The highest BCUT2D eigenvalue weighted by Crippen LogP contribution is 2.31. The Hall–Kier alpha value is -2.95. The second kappa shape index (κ2) is 5.92. The van der Waals surface area contributed by atoms with E-state index in [2.05, 4.69) is 52.8 Å². The molecule has 4 rings (SSSR count). The molecular weight excluding hydrogens is 300 g/mol. The fourth-order valence-corrected chi connectivity index (χ4v) is 3.07. The Morgan fingerprint density at radius 3 is 2.50 bits per heavy atom. The number of benzene rings is 2. The van der Waals surface area contributed by atoms with Gasteiger partial charge in [-0.1, -0.05) is 54.1 Å². The van der Waals surface area contributed by atoms with Crippen LogP contribution in [0.15, 0.2) is 48.5 Å². The highest BCUT2D eigenvalue weighted by molar-refractivity contribution is 6.01. The van der Waals surface area contributed by atoms with Gasteiger partial charge in [0.15, 0.2) is 5.82 Å². The van der Waals surface area contributed by atoms with E-state index in [4.69, 9.17) is 0 Å². The van der Waals surface area contributed by atoms with Gasteiger partial charge in [-0.15, -0.1) is 10.2 Å². The van der Waals surface area contributed by atoms with Gasteiger partial charge in [-0.2, -0.15) is 0 Å². The lowest BCUT2D eigenvalue weighted by Gasteiger charge is -2.28. The van der Waals surface area contributed by atoms with Crippen molar-refractivity contribution in [1.82, 2.24) is 15.5 Å². The van der Waals surface area contributed by atoms with Crippen molar-refractivity contribution in [2.45, 2.75) is 6.92 Å². The van der Waals surface area contributed by atoms with Gasteiger partial charge in [-0.05, 0) is 6.92 Å². The standard InChI is InChI=1S/C19H18N4O/c1-13-6-8-14(9-7-13)18-15-4-2-3-5-16(15)19(22-21-18)23-11-10-20-17(24)12-23/h2-9H,10-12H2,1H3,(H,20,24). The second-order valence-corrected chi connectivity index (χ2v) is 6.06. The average Bonchev–Trinajstić information content (AvgIpc) is 2.62. The second-order valence-electron chi connectivity index (χ2n) is 6.06. The quantitative estimate of drug-likeness (QED) is 0.789. The van der Waals surface area contributed by atoms with Crippen LogP contribution in [0.4, 0.5) is 5.82 Å². The monoisotopic (exact) mass is 318 g/mol. The molecule has 120 valence electrons. The third-order valence-electron chi connectivity index (χ3n) is 4.33. The van der Waals surface area contributed by atoms with Gasteiger partial charge in [0.25, 0.3) is 0 Å². The fraction of sp³-hybridized carbons (Fsp3) is 0.211. The van der Waals surface area contributed by atoms with Crippen LogP contribution in [-0.4, -0.2) is 35.7 Å². The first-order valence-corrected chi connectivity index (χ1v) is 8.06. The Bertz CT molecular complexity index is 905. The summed E-state index contributed by atoms with van der Waals surface area (Å²) in [4.78, 5) is 13.7. The molecule has 1 aromatic heterocycles. The van der Waals surface area contributed by atoms with Crippen molar-refractivity contribution in [1.29, 1.82) is 0 Å². The number of piperazine rings is 1. The van der Waals surface area contributed by atoms with Gasteiger partial charge < -0.3 is 10.2 Å². The number of amides is 1. The maximum atomic E-state index is 11.7. The molecule has 0 radical (unpaired) electrons. The lowest BCUT2D eigenvalue weighted by Crippen LogP contribution is -2.48. The summed E-state index contributed by atoms with van der Waals surface area (Å²) < 4.78 is 0. The molecule has 0 spiro atoms. The number of nitrogens with zero attached hydrogens (tertiary/aromatic N) is 3. The van der Waals surface area contributed by atoms with Crippen molar-refractivity contribution >= 4 is 22.5 Å². The first kappa shape index (κ1) is 14.6. The SMILES string of the molecule is Cc1ccc(-c2nnc(N3CCNC(=O)C3)c3ccccc23)cc1. The van der Waals surface area contributed by atoms with Crippen LogP contribution in [0, 0.1) is 6.92 Å². The molecule has 0 aliphatic carbocycles. The van der Waals surface area contributed by atoms with E-state index in [1.807, 2.05) is 23.1 Å². The zero-order valence-electron chi connectivity index (χ0n) is 13.5. The molecule has 0 unspecified atom stereocenters. The van der Waals surface area contributed by atoms with Crippen LogP contribution in [0.1, 0.15) is 5.56 Å². The minimum Gasteiger partial charge on any atom is -0.353 e. The van der Waals surface area contributed by atoms with Crippen LogP contribution >= 0.6 is 0 Å². The Balaban J connectivity index is 1.85. The van der Waals surface area contributed by atoms with Crippen LogP contribution in [0.5, 0.6) is 0 Å². The first-order valence-electron chi connectivity index (χ1n) is 8.06. The van der Waals surface area contributed by atoms with E-state index >= 15 is 0 Å². The molecule has 1 N–H and O–H groups in total. The van der Waals surface area contributed by atoms with Gasteiger partial charge in [0.1, 0.15) is 5.69 Å². The molecular formula is C19H18N4O. The number of hydrogen-bond donors (Lipinski definition) is 1. The lowest BCUT2D eigenvalue weighted by atomic mass is 10.0. The van der Waals surface area contributed by atoms with Crippen molar-refractivity contribution in [3.05, 3.63) is 54.1 Å². The van der Waals surface area contributed by atoms with Gasteiger partial charge in [0.05, 0.1) is 6.54 Å². The highest BCUT2D eigenvalue weighted by Gasteiger charge is 2.21. The van der Waals surface area contributed by atoms with Crippen molar-refractivity contribution in [2.24, 2.45) is 0 Å².